The van der Waals surface area contributed by atoms with Crippen LogP contribution in [0.4, 0.5) is 0 Å². The average Bonchev–Trinajstić information content (AvgIpc) is 3.04. The molecule has 0 radical (unpaired) electrons. The lowest BCUT2D eigenvalue weighted by atomic mass is 10.2. The molecule has 2 aromatic rings. The van der Waals surface area contributed by atoms with Gasteiger partial charge in [0, 0.05) is 17.5 Å². The quantitative estimate of drug-likeness (QED) is 0.806. The van der Waals surface area contributed by atoms with Crippen molar-refractivity contribution in [1.29, 1.82) is 0 Å². The normalized spacial score (nSPS) is 22.4. The Morgan fingerprint density at radius 1 is 1.29 bits per heavy atom. The highest BCUT2D eigenvalue weighted by molar-refractivity contribution is 5.95. The molecule has 0 spiro atoms. The maximum atomic E-state index is 11.9. The number of nitrogens with zero attached hydrogens (tertiary/aromatic N) is 1. The Morgan fingerprint density at radius 2 is 2.06 bits per heavy atom. The van der Waals surface area contributed by atoms with Gasteiger partial charge in [-0.2, -0.15) is 0 Å². The maximum absolute atomic E-state index is 11.9. The summed E-state index contributed by atoms with van der Waals surface area (Å²) in [7, 11) is 0. The summed E-state index contributed by atoms with van der Waals surface area (Å²) in [4.78, 5) is 16.2. The summed E-state index contributed by atoms with van der Waals surface area (Å²) in [6.45, 7) is 0. The van der Waals surface area contributed by atoms with Crippen molar-refractivity contribution in [1.82, 2.24) is 10.3 Å². The molecule has 2 atom stereocenters. The molecule has 1 aromatic carbocycles. The van der Waals surface area contributed by atoms with Crippen LogP contribution in [-0.4, -0.2) is 23.0 Å². The van der Waals surface area contributed by atoms with Crippen LogP contribution in [-0.2, 0) is 0 Å². The van der Waals surface area contributed by atoms with Crippen LogP contribution < -0.4 is 11.1 Å². The van der Waals surface area contributed by atoms with Crippen LogP contribution in [0.25, 0.3) is 10.9 Å². The average molecular weight is 227 g/mol. The van der Waals surface area contributed by atoms with E-state index in [0.717, 1.165) is 17.3 Å². The summed E-state index contributed by atoms with van der Waals surface area (Å²) >= 11 is 0. The first-order valence-corrected chi connectivity index (χ1v) is 5.66. The fourth-order valence-electron chi connectivity index (χ4n) is 1.82. The van der Waals surface area contributed by atoms with Crippen LogP contribution in [0.15, 0.2) is 36.4 Å². The van der Waals surface area contributed by atoms with E-state index in [-0.39, 0.29) is 18.0 Å². The summed E-state index contributed by atoms with van der Waals surface area (Å²) in [6, 6.07) is 11.6. The first-order chi connectivity index (χ1) is 8.24. The maximum Gasteiger partial charge on any atom is 0.270 e. The van der Waals surface area contributed by atoms with Crippen molar-refractivity contribution in [2.24, 2.45) is 5.73 Å². The van der Waals surface area contributed by atoms with E-state index in [1.165, 1.54) is 0 Å². The molecule has 3 N–H and O–H groups in total. The van der Waals surface area contributed by atoms with Gasteiger partial charge in [-0.05, 0) is 18.6 Å². The molecule has 2 unspecified atom stereocenters. The minimum atomic E-state index is -0.145. The van der Waals surface area contributed by atoms with Gasteiger partial charge >= 0.3 is 0 Å². The number of nitrogens with one attached hydrogen (secondary N) is 1. The van der Waals surface area contributed by atoms with E-state index < -0.39 is 0 Å². The van der Waals surface area contributed by atoms with E-state index in [4.69, 9.17) is 5.73 Å². The largest absolute Gasteiger partial charge is 0.346 e. The minimum Gasteiger partial charge on any atom is -0.346 e. The van der Waals surface area contributed by atoms with Gasteiger partial charge in [0.1, 0.15) is 5.69 Å². The number of benzene rings is 1. The molecular weight excluding hydrogens is 214 g/mol. The number of hydrogen-bond acceptors (Lipinski definition) is 3. The number of pyridine rings is 1. The molecule has 1 fully saturated rings. The number of nitrogens with two attached hydrogens (primary N) is 1. The van der Waals surface area contributed by atoms with E-state index >= 15 is 0 Å². The van der Waals surface area contributed by atoms with Gasteiger partial charge in [-0.3, -0.25) is 4.79 Å². The Bertz CT molecular complexity index is 582. The second kappa shape index (κ2) is 3.82. The van der Waals surface area contributed by atoms with Crippen molar-refractivity contribution in [3.05, 3.63) is 42.1 Å². The third-order valence-electron chi connectivity index (χ3n) is 2.99. The van der Waals surface area contributed by atoms with Crippen LogP contribution >= 0.6 is 0 Å². The standard InChI is InChI=1S/C13H13N3O/c14-9-7-12(9)16-13(17)11-6-5-8-3-1-2-4-10(8)15-11/h1-6,9,12H,7,14H2,(H,16,17). The van der Waals surface area contributed by atoms with E-state index in [1.54, 1.807) is 6.07 Å². The zero-order valence-electron chi connectivity index (χ0n) is 9.26. The number of rotatable bonds is 2. The Morgan fingerprint density at radius 3 is 2.82 bits per heavy atom. The number of carbonyl (C=O) groups is 1. The van der Waals surface area contributed by atoms with Gasteiger partial charge in [-0.1, -0.05) is 24.3 Å². The first-order valence-electron chi connectivity index (χ1n) is 5.66. The van der Waals surface area contributed by atoms with E-state index in [1.807, 2.05) is 30.3 Å². The summed E-state index contributed by atoms with van der Waals surface area (Å²) in [5, 5.41) is 3.89. The predicted molar refractivity (Wildman–Crippen MR) is 65.6 cm³/mol. The zero-order valence-corrected chi connectivity index (χ0v) is 9.26. The number of carbonyl (C=O) groups excluding carboxylic acids is 1. The molecule has 4 nitrogen and oxygen atoms in total. The number of aromatic nitrogens is 1. The lowest BCUT2D eigenvalue weighted by Gasteiger charge is -2.04. The zero-order chi connectivity index (χ0) is 11.8. The van der Waals surface area contributed by atoms with Crippen molar-refractivity contribution < 1.29 is 4.79 Å². The Hall–Kier alpha value is -1.94. The van der Waals surface area contributed by atoms with Crippen molar-refractivity contribution in [3.8, 4) is 0 Å². The van der Waals surface area contributed by atoms with Crippen LogP contribution in [0.1, 0.15) is 16.9 Å². The summed E-state index contributed by atoms with van der Waals surface area (Å²) in [5.74, 6) is -0.145. The van der Waals surface area contributed by atoms with Crippen LogP contribution in [0.3, 0.4) is 0 Å². The smallest absolute Gasteiger partial charge is 0.270 e. The van der Waals surface area contributed by atoms with Gasteiger partial charge < -0.3 is 11.1 Å². The van der Waals surface area contributed by atoms with Gasteiger partial charge in [0.2, 0.25) is 0 Å². The SMILES string of the molecule is NC1CC1NC(=O)c1ccc2ccccc2n1. The molecule has 0 saturated heterocycles. The summed E-state index contributed by atoms with van der Waals surface area (Å²) in [5.41, 5.74) is 6.93. The van der Waals surface area contributed by atoms with Crippen molar-refractivity contribution >= 4 is 16.8 Å². The topological polar surface area (TPSA) is 68.0 Å². The molecule has 1 aliphatic rings. The third kappa shape index (κ3) is 1.99. The molecule has 4 heteroatoms. The second-order valence-electron chi connectivity index (χ2n) is 4.37. The van der Waals surface area contributed by atoms with E-state index in [0.29, 0.717) is 5.69 Å². The Labute approximate surface area is 98.8 Å². The van der Waals surface area contributed by atoms with E-state index in [9.17, 15) is 4.79 Å². The molecule has 0 aliphatic heterocycles. The van der Waals surface area contributed by atoms with E-state index in [2.05, 4.69) is 10.3 Å². The van der Waals surface area contributed by atoms with Gasteiger partial charge in [0.25, 0.3) is 5.91 Å². The highest BCUT2D eigenvalue weighted by Gasteiger charge is 2.35. The molecule has 1 heterocycles. The monoisotopic (exact) mass is 227 g/mol. The van der Waals surface area contributed by atoms with Crippen molar-refractivity contribution in [2.45, 2.75) is 18.5 Å². The third-order valence-corrected chi connectivity index (χ3v) is 2.99. The molecule has 0 bridgehead atoms. The van der Waals surface area contributed by atoms with Gasteiger partial charge in [-0.25, -0.2) is 4.98 Å². The molecule has 1 saturated carbocycles. The van der Waals surface area contributed by atoms with Crippen molar-refractivity contribution in [3.63, 3.8) is 0 Å². The lowest BCUT2D eigenvalue weighted by molar-refractivity contribution is 0.0945. The van der Waals surface area contributed by atoms with Gasteiger partial charge in [0.05, 0.1) is 5.52 Å². The molecular formula is C13H13N3O. The molecule has 3 rings (SSSR count). The van der Waals surface area contributed by atoms with Gasteiger partial charge in [-0.15, -0.1) is 0 Å². The number of para-hydroxylation sites is 1. The van der Waals surface area contributed by atoms with Crippen LogP contribution in [0.2, 0.25) is 0 Å². The fraction of sp³-hybridized carbons (Fsp3) is 0.231. The Balaban J connectivity index is 1.87. The predicted octanol–water partition coefficient (Wildman–Crippen LogP) is 1.06. The number of fused-ring (bicyclic) bond motifs is 1. The summed E-state index contributed by atoms with van der Waals surface area (Å²) < 4.78 is 0. The Kier molecular flexibility index (Phi) is 2.30. The fourth-order valence-corrected chi connectivity index (χ4v) is 1.82. The molecule has 1 amide bonds. The van der Waals surface area contributed by atoms with Crippen LogP contribution in [0.5, 0.6) is 0 Å². The second-order valence-corrected chi connectivity index (χ2v) is 4.37. The van der Waals surface area contributed by atoms with Crippen LogP contribution in [0, 0.1) is 0 Å². The first kappa shape index (κ1) is 10.2. The number of hydrogen-bond donors (Lipinski definition) is 2. The lowest BCUT2D eigenvalue weighted by Crippen LogP contribution is -2.30. The van der Waals surface area contributed by atoms with Crippen molar-refractivity contribution in [2.75, 3.05) is 0 Å². The van der Waals surface area contributed by atoms with Gasteiger partial charge in [0.15, 0.2) is 0 Å². The molecule has 1 aliphatic carbocycles. The highest BCUT2D eigenvalue weighted by Crippen LogP contribution is 2.18. The minimum absolute atomic E-state index is 0.111. The highest BCUT2D eigenvalue weighted by atomic mass is 16.2. The summed E-state index contributed by atoms with van der Waals surface area (Å²) in [6.07, 6.45) is 0.860. The number of amides is 1. The molecule has 1 aromatic heterocycles. The molecule has 86 valence electrons. The molecule has 17 heavy (non-hydrogen) atoms.